The van der Waals surface area contributed by atoms with Crippen LogP contribution in [-0.4, -0.2) is 15.0 Å². The fraction of sp³-hybridized carbons (Fsp3) is 0.300. The lowest BCUT2D eigenvalue weighted by molar-refractivity contribution is -0.122. The molecular formula is C20H23N3O2. The summed E-state index contributed by atoms with van der Waals surface area (Å²) in [4.78, 5) is 25.0. The molecule has 0 radical (unpaired) electrons. The predicted octanol–water partition coefficient (Wildman–Crippen LogP) is 2.92. The molecule has 0 aliphatic rings. The number of para-hydroxylation sites is 2. The van der Waals surface area contributed by atoms with Crippen LogP contribution in [0.4, 0.5) is 0 Å². The second-order valence-electron chi connectivity index (χ2n) is 6.36. The molecule has 0 aliphatic carbocycles. The molecule has 0 bridgehead atoms. The van der Waals surface area contributed by atoms with Gasteiger partial charge in [-0.25, -0.2) is 4.79 Å². The Labute approximate surface area is 146 Å². The summed E-state index contributed by atoms with van der Waals surface area (Å²) in [6, 6.07) is 15.6. The van der Waals surface area contributed by atoms with E-state index in [0.29, 0.717) is 0 Å². The molecule has 0 saturated carbocycles. The second-order valence-corrected chi connectivity index (χ2v) is 6.36. The summed E-state index contributed by atoms with van der Waals surface area (Å²) in [5, 5.41) is 3.04. The van der Waals surface area contributed by atoms with Gasteiger partial charge in [-0.1, -0.05) is 48.9 Å². The molecular weight excluding hydrogens is 314 g/mol. The Kier molecular flexibility index (Phi) is 4.74. The van der Waals surface area contributed by atoms with Crippen LogP contribution in [0.1, 0.15) is 30.5 Å². The van der Waals surface area contributed by atoms with Crippen LogP contribution in [-0.2, 0) is 18.4 Å². The average molecular weight is 337 g/mol. The molecule has 0 fully saturated rings. The van der Waals surface area contributed by atoms with Gasteiger partial charge in [-0.2, -0.15) is 0 Å². The SMILES string of the molecule is CCC(NC(=O)Cn1c(=O)n(C)c2ccccc21)c1ccc(C)cc1. The highest BCUT2D eigenvalue weighted by Gasteiger charge is 2.16. The lowest BCUT2D eigenvalue weighted by atomic mass is 10.0. The molecule has 130 valence electrons. The maximum absolute atomic E-state index is 12.5. The van der Waals surface area contributed by atoms with E-state index in [1.165, 1.54) is 10.1 Å². The van der Waals surface area contributed by atoms with Gasteiger partial charge >= 0.3 is 5.69 Å². The zero-order chi connectivity index (χ0) is 18.0. The first-order valence-corrected chi connectivity index (χ1v) is 8.51. The molecule has 3 rings (SSSR count). The van der Waals surface area contributed by atoms with Gasteiger partial charge in [0.15, 0.2) is 0 Å². The van der Waals surface area contributed by atoms with Gasteiger partial charge in [0.1, 0.15) is 6.54 Å². The smallest absolute Gasteiger partial charge is 0.329 e. The van der Waals surface area contributed by atoms with Gasteiger partial charge in [0.25, 0.3) is 0 Å². The summed E-state index contributed by atoms with van der Waals surface area (Å²) >= 11 is 0. The van der Waals surface area contributed by atoms with Gasteiger partial charge in [0, 0.05) is 7.05 Å². The lowest BCUT2D eigenvalue weighted by Gasteiger charge is -2.18. The molecule has 1 unspecified atom stereocenters. The number of aromatic nitrogens is 2. The normalized spacial score (nSPS) is 12.3. The zero-order valence-corrected chi connectivity index (χ0v) is 14.8. The summed E-state index contributed by atoms with van der Waals surface area (Å²) < 4.78 is 3.09. The van der Waals surface area contributed by atoms with Crippen molar-refractivity contribution < 1.29 is 4.79 Å². The Morgan fingerprint density at radius 3 is 2.36 bits per heavy atom. The minimum Gasteiger partial charge on any atom is -0.348 e. The van der Waals surface area contributed by atoms with E-state index in [1.807, 2.05) is 62.4 Å². The molecule has 1 amide bonds. The minimum atomic E-state index is -0.181. The molecule has 1 N–H and O–H groups in total. The molecule has 3 aromatic rings. The predicted molar refractivity (Wildman–Crippen MR) is 99.5 cm³/mol. The maximum atomic E-state index is 12.5. The number of imidazole rings is 1. The number of nitrogens with zero attached hydrogens (tertiary/aromatic N) is 2. The Balaban J connectivity index is 1.82. The maximum Gasteiger partial charge on any atom is 0.329 e. The van der Waals surface area contributed by atoms with E-state index in [2.05, 4.69) is 5.32 Å². The fourth-order valence-electron chi connectivity index (χ4n) is 3.12. The van der Waals surface area contributed by atoms with Gasteiger partial charge < -0.3 is 5.32 Å². The average Bonchev–Trinajstić information content (AvgIpc) is 2.86. The molecule has 2 aromatic carbocycles. The number of nitrogens with one attached hydrogen (secondary N) is 1. The number of carbonyl (C=O) groups is 1. The number of aryl methyl sites for hydroxylation is 2. The van der Waals surface area contributed by atoms with Gasteiger partial charge in [0.05, 0.1) is 17.1 Å². The Bertz CT molecular complexity index is 951. The summed E-state index contributed by atoms with van der Waals surface area (Å²) in [6.07, 6.45) is 0.791. The summed E-state index contributed by atoms with van der Waals surface area (Å²) in [5.41, 5.74) is 3.68. The molecule has 0 spiro atoms. The van der Waals surface area contributed by atoms with E-state index < -0.39 is 0 Å². The standard InChI is InChI=1S/C20H23N3O2/c1-4-16(15-11-9-14(2)10-12-15)21-19(24)13-23-18-8-6-5-7-17(18)22(3)20(23)25/h5-12,16H,4,13H2,1-3H3,(H,21,24). The number of rotatable bonds is 5. The van der Waals surface area contributed by atoms with Crippen LogP contribution in [0.5, 0.6) is 0 Å². The number of benzene rings is 2. The number of carbonyl (C=O) groups excluding carboxylic acids is 1. The van der Waals surface area contributed by atoms with Crippen molar-refractivity contribution in [1.29, 1.82) is 0 Å². The topological polar surface area (TPSA) is 56.0 Å². The third-order valence-electron chi connectivity index (χ3n) is 4.58. The van der Waals surface area contributed by atoms with Crippen LogP contribution in [0.2, 0.25) is 0 Å². The molecule has 5 nitrogen and oxygen atoms in total. The third kappa shape index (κ3) is 3.36. The number of hydrogen-bond acceptors (Lipinski definition) is 2. The minimum absolute atomic E-state index is 0.0164. The van der Waals surface area contributed by atoms with Gasteiger partial charge in [-0.3, -0.25) is 13.9 Å². The first-order chi connectivity index (χ1) is 12.0. The summed E-state index contributed by atoms with van der Waals surface area (Å²) in [7, 11) is 1.72. The van der Waals surface area contributed by atoms with Crippen molar-refractivity contribution in [3.8, 4) is 0 Å². The number of fused-ring (bicyclic) bond motifs is 1. The van der Waals surface area contributed by atoms with Crippen molar-refractivity contribution in [2.45, 2.75) is 32.9 Å². The quantitative estimate of drug-likeness (QED) is 0.778. The van der Waals surface area contributed by atoms with Crippen LogP contribution in [0, 0.1) is 6.92 Å². The Morgan fingerprint density at radius 1 is 1.08 bits per heavy atom. The van der Waals surface area contributed by atoms with Crippen molar-refractivity contribution in [3.05, 3.63) is 70.1 Å². The number of hydrogen-bond donors (Lipinski definition) is 1. The second kappa shape index (κ2) is 6.97. The van der Waals surface area contributed by atoms with E-state index in [0.717, 1.165) is 23.0 Å². The highest BCUT2D eigenvalue weighted by molar-refractivity contribution is 5.81. The van der Waals surface area contributed by atoms with E-state index in [1.54, 1.807) is 11.6 Å². The van der Waals surface area contributed by atoms with Crippen LogP contribution in [0.3, 0.4) is 0 Å². The highest BCUT2D eigenvalue weighted by Crippen LogP contribution is 2.17. The molecule has 0 aliphatic heterocycles. The van der Waals surface area contributed by atoms with E-state index >= 15 is 0 Å². The fourth-order valence-corrected chi connectivity index (χ4v) is 3.12. The largest absolute Gasteiger partial charge is 0.348 e. The molecule has 1 aromatic heterocycles. The molecule has 5 heteroatoms. The van der Waals surface area contributed by atoms with Crippen molar-refractivity contribution >= 4 is 16.9 Å². The summed E-state index contributed by atoms with van der Waals surface area (Å²) in [5.74, 6) is -0.161. The molecule has 1 atom stereocenters. The van der Waals surface area contributed by atoms with Crippen LogP contribution >= 0.6 is 0 Å². The highest BCUT2D eigenvalue weighted by atomic mass is 16.2. The van der Waals surface area contributed by atoms with Crippen molar-refractivity contribution in [1.82, 2.24) is 14.5 Å². The lowest BCUT2D eigenvalue weighted by Crippen LogP contribution is -2.34. The summed E-state index contributed by atoms with van der Waals surface area (Å²) in [6.45, 7) is 4.09. The first-order valence-electron chi connectivity index (χ1n) is 8.51. The van der Waals surface area contributed by atoms with Crippen LogP contribution in [0.25, 0.3) is 11.0 Å². The van der Waals surface area contributed by atoms with Crippen LogP contribution < -0.4 is 11.0 Å². The Hall–Kier alpha value is -2.82. The molecule has 25 heavy (non-hydrogen) atoms. The first kappa shape index (κ1) is 17.0. The number of amides is 1. The van der Waals surface area contributed by atoms with E-state index in [4.69, 9.17) is 0 Å². The van der Waals surface area contributed by atoms with Crippen LogP contribution in [0.15, 0.2) is 53.3 Å². The van der Waals surface area contributed by atoms with E-state index in [-0.39, 0.29) is 24.2 Å². The zero-order valence-electron chi connectivity index (χ0n) is 14.8. The third-order valence-corrected chi connectivity index (χ3v) is 4.58. The van der Waals surface area contributed by atoms with Gasteiger partial charge in [0.2, 0.25) is 5.91 Å². The van der Waals surface area contributed by atoms with Crippen molar-refractivity contribution in [3.63, 3.8) is 0 Å². The molecule has 0 saturated heterocycles. The van der Waals surface area contributed by atoms with E-state index in [9.17, 15) is 9.59 Å². The Morgan fingerprint density at radius 2 is 1.72 bits per heavy atom. The van der Waals surface area contributed by atoms with Gasteiger partial charge in [-0.15, -0.1) is 0 Å². The van der Waals surface area contributed by atoms with Gasteiger partial charge in [-0.05, 0) is 31.0 Å². The molecule has 1 heterocycles. The van der Waals surface area contributed by atoms with Crippen molar-refractivity contribution in [2.24, 2.45) is 7.05 Å². The monoisotopic (exact) mass is 337 g/mol. The van der Waals surface area contributed by atoms with Crippen molar-refractivity contribution in [2.75, 3.05) is 0 Å².